The fraction of sp³-hybridized carbons (Fsp3) is 0.474. The van der Waals surface area contributed by atoms with Crippen molar-refractivity contribution in [3.8, 4) is 12.3 Å². The Morgan fingerprint density at radius 1 is 1.19 bits per heavy atom. The van der Waals surface area contributed by atoms with E-state index in [-0.39, 0.29) is 36.3 Å². The quantitative estimate of drug-likeness (QED) is 0.615. The zero-order valence-electron chi connectivity index (χ0n) is 14.5. The summed E-state index contributed by atoms with van der Waals surface area (Å²) in [4.78, 5) is 41.2. The van der Waals surface area contributed by atoms with Crippen molar-refractivity contribution < 1.29 is 14.4 Å². The van der Waals surface area contributed by atoms with Gasteiger partial charge in [-0.3, -0.25) is 19.3 Å². The number of carbonyl (C=O) groups is 3. The first-order chi connectivity index (χ1) is 12.6. The molecule has 1 aliphatic carbocycles. The smallest absolute Gasteiger partial charge is 0.253 e. The first-order valence-corrected chi connectivity index (χ1v) is 8.87. The highest BCUT2D eigenvalue weighted by Gasteiger charge is 2.36. The number of nitrogens with zero attached hydrogens (tertiary/aromatic N) is 2. The van der Waals surface area contributed by atoms with Crippen LogP contribution in [0.25, 0.3) is 0 Å². The number of rotatable bonds is 5. The molecule has 0 atom stereocenters. The molecule has 3 amide bonds. The molecule has 0 aromatic carbocycles. The van der Waals surface area contributed by atoms with E-state index in [1.54, 1.807) is 12.1 Å². The lowest BCUT2D eigenvalue weighted by Crippen LogP contribution is -2.43. The van der Waals surface area contributed by atoms with Crippen LogP contribution in [0.4, 0.5) is 5.82 Å². The maximum atomic E-state index is 11.8. The Kier molecular flexibility index (Phi) is 5.52. The summed E-state index contributed by atoms with van der Waals surface area (Å²) in [6, 6.07) is 3.75. The monoisotopic (exact) mass is 354 g/mol. The van der Waals surface area contributed by atoms with Crippen molar-refractivity contribution in [1.82, 2.24) is 15.2 Å². The molecule has 26 heavy (non-hydrogen) atoms. The van der Waals surface area contributed by atoms with Gasteiger partial charge in [-0.15, -0.1) is 6.42 Å². The van der Waals surface area contributed by atoms with Gasteiger partial charge in [-0.2, -0.15) is 0 Å². The number of likely N-dealkylation sites (tertiary alicyclic amines) is 1. The summed E-state index contributed by atoms with van der Waals surface area (Å²) in [5, 5.41) is 5.95. The molecule has 1 aromatic rings. The number of hydrogen-bond acceptors (Lipinski definition) is 5. The lowest BCUT2D eigenvalue weighted by atomic mass is 9.90. The molecule has 7 nitrogen and oxygen atoms in total. The van der Waals surface area contributed by atoms with Crippen LogP contribution in [0.3, 0.4) is 0 Å². The van der Waals surface area contributed by atoms with Gasteiger partial charge in [0, 0.05) is 31.1 Å². The van der Waals surface area contributed by atoms with Gasteiger partial charge in [0.25, 0.3) is 5.91 Å². The molecule has 136 valence electrons. The third-order valence-electron chi connectivity index (χ3n) is 4.88. The van der Waals surface area contributed by atoms with Gasteiger partial charge in [-0.05, 0) is 37.8 Å². The van der Waals surface area contributed by atoms with Crippen LogP contribution < -0.4 is 10.6 Å². The predicted molar refractivity (Wildman–Crippen MR) is 96.2 cm³/mol. The fourth-order valence-electron chi connectivity index (χ4n) is 3.54. The summed E-state index contributed by atoms with van der Waals surface area (Å²) in [6.45, 7) is 0.185. The number of amides is 3. The van der Waals surface area contributed by atoms with Crippen molar-refractivity contribution in [3.05, 3.63) is 23.9 Å². The minimum Gasteiger partial charge on any atom is -0.367 e. The molecule has 1 aliphatic heterocycles. The van der Waals surface area contributed by atoms with E-state index in [0.29, 0.717) is 24.2 Å². The number of pyridine rings is 1. The van der Waals surface area contributed by atoms with Crippen molar-refractivity contribution >= 4 is 23.5 Å². The number of nitrogens with one attached hydrogen (secondary N) is 2. The number of carbonyl (C=O) groups excluding carboxylic acids is 3. The molecule has 1 saturated heterocycles. The molecule has 1 saturated carbocycles. The lowest BCUT2D eigenvalue weighted by molar-refractivity contribution is -0.141. The van der Waals surface area contributed by atoms with Crippen LogP contribution in [0.1, 0.15) is 48.9 Å². The molecule has 2 heterocycles. The molecule has 2 fully saturated rings. The van der Waals surface area contributed by atoms with E-state index in [1.165, 1.54) is 11.1 Å². The Morgan fingerprint density at radius 3 is 2.46 bits per heavy atom. The lowest BCUT2D eigenvalue weighted by Gasteiger charge is -2.34. The Hall–Kier alpha value is -2.88. The van der Waals surface area contributed by atoms with Gasteiger partial charge in [0.05, 0.1) is 12.1 Å². The Balaban J connectivity index is 1.50. The summed E-state index contributed by atoms with van der Waals surface area (Å²) >= 11 is 0. The molecular formula is C19H22N4O3. The summed E-state index contributed by atoms with van der Waals surface area (Å²) in [5.41, 5.74) is 0.459. The van der Waals surface area contributed by atoms with Crippen molar-refractivity contribution in [2.45, 2.75) is 50.6 Å². The molecular weight excluding hydrogens is 332 g/mol. The Bertz CT molecular complexity index is 714. The topological polar surface area (TPSA) is 91.4 Å². The minimum absolute atomic E-state index is 0.0331. The van der Waals surface area contributed by atoms with Crippen LogP contribution in [0.15, 0.2) is 18.3 Å². The van der Waals surface area contributed by atoms with E-state index in [2.05, 4.69) is 21.5 Å². The Labute approximate surface area is 152 Å². The van der Waals surface area contributed by atoms with Gasteiger partial charge >= 0.3 is 0 Å². The second kappa shape index (κ2) is 8.00. The molecule has 2 aliphatic rings. The van der Waals surface area contributed by atoms with Gasteiger partial charge in [0.2, 0.25) is 11.8 Å². The SMILES string of the molecule is C#CCNC(=O)c1ccc(NC2CCC(N3C(=O)CCC3=O)CC2)nc1. The third kappa shape index (κ3) is 4.02. The van der Waals surface area contributed by atoms with Crippen LogP contribution in [0, 0.1) is 12.3 Å². The van der Waals surface area contributed by atoms with E-state index in [0.717, 1.165) is 25.7 Å². The van der Waals surface area contributed by atoms with Gasteiger partial charge in [-0.25, -0.2) is 4.98 Å². The summed E-state index contributed by atoms with van der Waals surface area (Å²) in [7, 11) is 0. The first kappa shape index (κ1) is 17.9. The normalized spacial score (nSPS) is 22.8. The summed E-state index contributed by atoms with van der Waals surface area (Å²) in [5.74, 6) is 2.74. The number of hydrogen-bond donors (Lipinski definition) is 2. The maximum Gasteiger partial charge on any atom is 0.253 e. The van der Waals surface area contributed by atoms with Crippen LogP contribution in [0.2, 0.25) is 0 Å². The fourth-order valence-corrected chi connectivity index (χ4v) is 3.54. The van der Waals surface area contributed by atoms with Gasteiger partial charge in [0.1, 0.15) is 5.82 Å². The first-order valence-electron chi connectivity index (χ1n) is 8.87. The van der Waals surface area contributed by atoms with Crippen LogP contribution in [-0.2, 0) is 9.59 Å². The number of aromatic nitrogens is 1. The van der Waals surface area contributed by atoms with Crippen LogP contribution in [0.5, 0.6) is 0 Å². The highest BCUT2D eigenvalue weighted by molar-refractivity contribution is 6.02. The molecule has 2 N–H and O–H groups in total. The number of terminal acetylenes is 1. The molecule has 0 radical (unpaired) electrons. The maximum absolute atomic E-state index is 11.8. The van der Waals surface area contributed by atoms with Crippen LogP contribution in [-0.4, -0.2) is 46.2 Å². The number of anilines is 1. The zero-order valence-corrected chi connectivity index (χ0v) is 14.5. The second-order valence-electron chi connectivity index (χ2n) is 6.63. The minimum atomic E-state index is -0.248. The van der Waals surface area contributed by atoms with E-state index < -0.39 is 0 Å². The zero-order chi connectivity index (χ0) is 18.5. The predicted octanol–water partition coefficient (Wildman–Crippen LogP) is 1.32. The molecule has 7 heteroatoms. The van der Waals surface area contributed by atoms with E-state index in [1.807, 2.05) is 0 Å². The van der Waals surface area contributed by atoms with Gasteiger partial charge < -0.3 is 10.6 Å². The van der Waals surface area contributed by atoms with Gasteiger partial charge in [-0.1, -0.05) is 5.92 Å². The van der Waals surface area contributed by atoms with Gasteiger partial charge in [0.15, 0.2) is 0 Å². The third-order valence-corrected chi connectivity index (χ3v) is 4.88. The molecule has 3 rings (SSSR count). The largest absolute Gasteiger partial charge is 0.367 e. The summed E-state index contributed by atoms with van der Waals surface area (Å²) < 4.78 is 0. The molecule has 0 unspecified atom stereocenters. The van der Waals surface area contributed by atoms with Crippen LogP contribution >= 0.6 is 0 Å². The summed E-state index contributed by atoms with van der Waals surface area (Å²) in [6.07, 6.45) is 10.7. The standard InChI is InChI=1S/C19H22N4O3/c1-2-11-20-19(26)13-3-8-16(21-12-13)22-14-4-6-15(7-5-14)23-17(24)9-10-18(23)25/h1,3,8,12,14-15H,4-7,9-11H2,(H,20,26)(H,21,22). The van der Waals surface area contributed by atoms with E-state index in [9.17, 15) is 14.4 Å². The average Bonchev–Trinajstić information content (AvgIpc) is 2.99. The van der Waals surface area contributed by atoms with Crippen molar-refractivity contribution in [3.63, 3.8) is 0 Å². The molecule has 0 bridgehead atoms. The highest BCUT2D eigenvalue weighted by Crippen LogP contribution is 2.28. The van der Waals surface area contributed by atoms with E-state index >= 15 is 0 Å². The van der Waals surface area contributed by atoms with Crippen molar-refractivity contribution in [2.24, 2.45) is 0 Å². The number of imide groups is 1. The average molecular weight is 354 g/mol. The molecule has 0 spiro atoms. The van der Waals surface area contributed by atoms with E-state index in [4.69, 9.17) is 6.42 Å². The highest BCUT2D eigenvalue weighted by atomic mass is 16.2. The second-order valence-corrected chi connectivity index (χ2v) is 6.63. The Morgan fingerprint density at radius 2 is 1.88 bits per heavy atom. The molecule has 1 aromatic heterocycles. The van der Waals surface area contributed by atoms with Crippen molar-refractivity contribution in [2.75, 3.05) is 11.9 Å². The van der Waals surface area contributed by atoms with Crippen molar-refractivity contribution in [1.29, 1.82) is 0 Å².